The van der Waals surface area contributed by atoms with Gasteiger partial charge in [0.2, 0.25) is 0 Å². The van der Waals surface area contributed by atoms with Crippen molar-refractivity contribution in [3.8, 4) is 5.75 Å². The van der Waals surface area contributed by atoms with Crippen molar-refractivity contribution in [1.29, 1.82) is 0 Å². The Morgan fingerprint density at radius 1 is 1.15 bits per heavy atom. The largest absolute Gasteiger partial charge is 0.488 e. The molecule has 20 heavy (non-hydrogen) atoms. The van der Waals surface area contributed by atoms with Gasteiger partial charge in [-0.2, -0.15) is 13.2 Å². The van der Waals surface area contributed by atoms with Crippen LogP contribution in [-0.2, 0) is 10.9 Å². The summed E-state index contributed by atoms with van der Waals surface area (Å²) in [4.78, 5) is 15.5. The summed E-state index contributed by atoms with van der Waals surface area (Å²) < 4.78 is 48.2. The third-order valence-corrected chi connectivity index (χ3v) is 2.93. The molecule has 0 atom stereocenters. The fourth-order valence-electron chi connectivity index (χ4n) is 2.00. The summed E-state index contributed by atoms with van der Waals surface area (Å²) >= 11 is 0. The highest BCUT2D eigenvalue weighted by atomic mass is 19.4. The molecule has 1 aromatic heterocycles. The van der Waals surface area contributed by atoms with Crippen molar-refractivity contribution in [2.24, 2.45) is 0 Å². The highest BCUT2D eigenvalue weighted by Gasteiger charge is 2.31. The summed E-state index contributed by atoms with van der Waals surface area (Å²) in [5.74, 6) is -0.377. The fraction of sp³-hybridized carbons (Fsp3) is 0.231. The number of hydrogen-bond acceptors (Lipinski definition) is 4. The Morgan fingerprint density at radius 2 is 1.90 bits per heavy atom. The summed E-state index contributed by atoms with van der Waals surface area (Å²) in [6, 6.07) is 3.11. The van der Waals surface area contributed by atoms with Crippen molar-refractivity contribution in [3.05, 3.63) is 35.5 Å². The van der Waals surface area contributed by atoms with E-state index in [4.69, 9.17) is 9.47 Å². The summed E-state index contributed by atoms with van der Waals surface area (Å²) in [6.45, 7) is 0.245. The van der Waals surface area contributed by atoms with E-state index >= 15 is 0 Å². The Labute approximate surface area is 111 Å². The smallest absolute Gasteiger partial charge is 0.416 e. The molecule has 2 aromatic rings. The van der Waals surface area contributed by atoms with Crippen LogP contribution in [0.4, 0.5) is 13.2 Å². The predicted octanol–water partition coefficient (Wildman–Crippen LogP) is 2.80. The number of hydrogen-bond donors (Lipinski definition) is 0. The number of carbonyl (C=O) groups is 1. The number of pyridine rings is 1. The molecule has 1 aliphatic heterocycles. The van der Waals surface area contributed by atoms with E-state index in [9.17, 15) is 18.0 Å². The number of carbonyl (C=O) groups excluding carboxylic acids is 1. The molecule has 0 aliphatic carbocycles. The van der Waals surface area contributed by atoms with Gasteiger partial charge in [0.05, 0.1) is 11.1 Å². The first kappa shape index (κ1) is 12.7. The van der Waals surface area contributed by atoms with Gasteiger partial charge in [0.25, 0.3) is 0 Å². The van der Waals surface area contributed by atoms with Crippen molar-refractivity contribution in [3.63, 3.8) is 0 Å². The van der Waals surface area contributed by atoms with Crippen LogP contribution in [-0.4, -0.2) is 24.2 Å². The van der Waals surface area contributed by atoms with Crippen molar-refractivity contribution in [1.82, 2.24) is 4.98 Å². The van der Waals surface area contributed by atoms with E-state index in [1.165, 1.54) is 12.3 Å². The average Bonchev–Trinajstić information content (AvgIpc) is 2.59. The van der Waals surface area contributed by atoms with Crippen molar-refractivity contribution in [2.75, 3.05) is 13.2 Å². The second kappa shape index (κ2) is 4.36. The number of benzene rings is 1. The molecule has 0 radical (unpaired) electrons. The van der Waals surface area contributed by atoms with Crippen LogP contribution >= 0.6 is 0 Å². The molecule has 0 saturated carbocycles. The highest BCUT2D eigenvalue weighted by molar-refractivity contribution is 6.00. The molecule has 7 heteroatoms. The molecule has 0 amide bonds. The van der Waals surface area contributed by atoms with Crippen molar-refractivity contribution >= 4 is 16.9 Å². The number of alkyl halides is 3. The zero-order chi connectivity index (χ0) is 14.3. The van der Waals surface area contributed by atoms with Crippen LogP contribution in [0.3, 0.4) is 0 Å². The Bertz CT molecular complexity index is 697. The number of esters is 1. The molecule has 4 nitrogen and oxygen atoms in total. The minimum Gasteiger partial charge on any atom is -0.488 e. The Morgan fingerprint density at radius 3 is 2.65 bits per heavy atom. The van der Waals surface area contributed by atoms with E-state index in [0.29, 0.717) is 5.39 Å². The van der Waals surface area contributed by atoms with Crippen LogP contribution in [0.25, 0.3) is 10.9 Å². The van der Waals surface area contributed by atoms with E-state index in [1.807, 2.05) is 0 Å². The van der Waals surface area contributed by atoms with Gasteiger partial charge in [0.1, 0.15) is 24.5 Å². The van der Waals surface area contributed by atoms with E-state index in [-0.39, 0.29) is 30.0 Å². The van der Waals surface area contributed by atoms with Crippen LogP contribution < -0.4 is 4.74 Å². The second-order valence-corrected chi connectivity index (χ2v) is 4.22. The molecule has 1 aliphatic rings. The van der Waals surface area contributed by atoms with Crippen molar-refractivity contribution in [2.45, 2.75) is 6.18 Å². The minimum absolute atomic E-state index is 0.0929. The summed E-state index contributed by atoms with van der Waals surface area (Å²) in [6.07, 6.45) is -3.27. The van der Waals surface area contributed by atoms with Crippen LogP contribution in [0, 0.1) is 0 Å². The van der Waals surface area contributed by atoms with E-state index in [0.717, 1.165) is 12.1 Å². The maximum atomic E-state index is 12.6. The number of rotatable bonds is 0. The topological polar surface area (TPSA) is 48.4 Å². The lowest BCUT2D eigenvalue weighted by molar-refractivity contribution is -0.137. The quantitative estimate of drug-likeness (QED) is 0.698. The normalized spacial score (nSPS) is 15.2. The first-order valence-corrected chi connectivity index (χ1v) is 5.77. The molecule has 3 rings (SSSR count). The first-order chi connectivity index (χ1) is 9.47. The van der Waals surface area contributed by atoms with Gasteiger partial charge in [0.15, 0.2) is 0 Å². The number of fused-ring (bicyclic) bond motifs is 3. The second-order valence-electron chi connectivity index (χ2n) is 4.22. The molecular formula is C13H8F3NO3. The molecule has 0 unspecified atom stereocenters. The third-order valence-electron chi connectivity index (χ3n) is 2.93. The van der Waals surface area contributed by atoms with Crippen LogP contribution in [0.1, 0.15) is 15.9 Å². The van der Waals surface area contributed by atoms with Gasteiger partial charge in [0, 0.05) is 11.6 Å². The number of cyclic esters (lactones) is 1. The maximum absolute atomic E-state index is 12.6. The van der Waals surface area contributed by atoms with E-state index in [2.05, 4.69) is 4.98 Å². The van der Waals surface area contributed by atoms with Gasteiger partial charge in [-0.15, -0.1) is 0 Å². The number of ether oxygens (including phenoxy) is 2. The molecule has 0 fully saturated rings. The van der Waals surface area contributed by atoms with Gasteiger partial charge >= 0.3 is 12.1 Å². The van der Waals surface area contributed by atoms with Crippen LogP contribution in [0.2, 0.25) is 0 Å². The molecule has 0 spiro atoms. The number of nitrogens with zero attached hydrogens (tertiary/aromatic N) is 1. The molecule has 0 bridgehead atoms. The Kier molecular flexibility index (Phi) is 2.77. The number of aromatic nitrogens is 1. The summed E-state index contributed by atoms with van der Waals surface area (Å²) in [5, 5.41) is 0.356. The van der Waals surface area contributed by atoms with Crippen LogP contribution in [0.15, 0.2) is 24.4 Å². The lowest BCUT2D eigenvalue weighted by atomic mass is 10.1. The molecule has 0 N–H and O–H groups in total. The summed E-state index contributed by atoms with van der Waals surface area (Å²) in [5.41, 5.74) is -0.559. The van der Waals surface area contributed by atoms with E-state index < -0.39 is 17.7 Å². The fourth-order valence-corrected chi connectivity index (χ4v) is 2.00. The molecular weight excluding hydrogens is 275 g/mol. The minimum atomic E-state index is -4.44. The highest BCUT2D eigenvalue weighted by Crippen LogP contribution is 2.35. The monoisotopic (exact) mass is 283 g/mol. The average molecular weight is 283 g/mol. The maximum Gasteiger partial charge on any atom is 0.416 e. The lowest BCUT2D eigenvalue weighted by Crippen LogP contribution is -2.06. The van der Waals surface area contributed by atoms with Gasteiger partial charge in [-0.3, -0.25) is 4.98 Å². The predicted molar refractivity (Wildman–Crippen MR) is 62.5 cm³/mol. The number of halogens is 3. The zero-order valence-corrected chi connectivity index (χ0v) is 10.0. The molecule has 0 saturated heterocycles. The van der Waals surface area contributed by atoms with Gasteiger partial charge < -0.3 is 9.47 Å². The first-order valence-electron chi connectivity index (χ1n) is 5.77. The Balaban J connectivity index is 2.22. The molecule has 1 aromatic carbocycles. The molecule has 104 valence electrons. The van der Waals surface area contributed by atoms with Crippen molar-refractivity contribution < 1.29 is 27.4 Å². The SMILES string of the molecule is O=C1OCCOc2c1cnc1cc(C(F)(F)F)ccc21. The van der Waals surface area contributed by atoms with Gasteiger partial charge in [-0.1, -0.05) is 0 Å². The molecule has 2 heterocycles. The third kappa shape index (κ3) is 2.04. The van der Waals surface area contributed by atoms with Crippen LogP contribution in [0.5, 0.6) is 5.75 Å². The zero-order valence-electron chi connectivity index (χ0n) is 10.0. The van der Waals surface area contributed by atoms with Gasteiger partial charge in [-0.25, -0.2) is 4.79 Å². The standard InChI is InChI=1S/C13H8F3NO3/c14-13(15,16)7-1-2-8-10(5-7)17-6-9-11(8)19-3-4-20-12(9)18/h1-2,5-6H,3-4H2. The lowest BCUT2D eigenvalue weighted by Gasteiger charge is -2.11. The Hall–Kier alpha value is -2.31. The van der Waals surface area contributed by atoms with Gasteiger partial charge in [-0.05, 0) is 18.2 Å². The van der Waals surface area contributed by atoms with E-state index in [1.54, 1.807) is 0 Å². The summed E-state index contributed by atoms with van der Waals surface area (Å²) in [7, 11) is 0.